The molecule has 20 heteroatoms. The number of fused-ring (bicyclic) bond motifs is 1. The molecule has 3 rings (SSSR count). The number of nitrogens with zero attached hydrogens (tertiary/aromatic N) is 4. The van der Waals surface area contributed by atoms with Gasteiger partial charge in [-0.15, -0.1) is 0 Å². The Bertz CT molecular complexity index is 1180. The third-order valence-corrected chi connectivity index (χ3v) is 8.77. The van der Waals surface area contributed by atoms with Gasteiger partial charge in [0.1, 0.15) is 5.52 Å². The van der Waals surface area contributed by atoms with Crippen molar-refractivity contribution in [3.8, 4) is 0 Å². The zero-order valence-corrected chi connectivity index (χ0v) is 19.4. The van der Waals surface area contributed by atoms with E-state index in [1.54, 1.807) is 0 Å². The molecule has 15 nitrogen and oxygen atoms in total. The van der Waals surface area contributed by atoms with Gasteiger partial charge in [-0.1, -0.05) is 18.5 Å². The van der Waals surface area contributed by atoms with Crippen LogP contribution in [0, 0.1) is 11.5 Å². The molecule has 0 aliphatic heterocycles. The second-order valence-corrected chi connectivity index (χ2v) is 12.0. The molecule has 5 N–H and O–H groups in total. The van der Waals surface area contributed by atoms with Crippen LogP contribution in [0.15, 0.2) is 6.33 Å². The second kappa shape index (κ2) is 8.73. The van der Waals surface area contributed by atoms with Gasteiger partial charge in [0.15, 0.2) is 10.8 Å². The van der Waals surface area contributed by atoms with Crippen molar-refractivity contribution in [2.45, 2.75) is 31.9 Å². The van der Waals surface area contributed by atoms with Crippen molar-refractivity contribution in [3.05, 3.63) is 17.6 Å². The summed E-state index contributed by atoms with van der Waals surface area (Å²) < 4.78 is 61.0. The maximum atomic E-state index is 13.6. The van der Waals surface area contributed by atoms with Gasteiger partial charge in [-0.25, -0.2) is 18.7 Å². The molecule has 2 heterocycles. The first-order valence-corrected chi connectivity index (χ1v) is 13.4. The van der Waals surface area contributed by atoms with E-state index in [1.807, 2.05) is 0 Å². The molecule has 1 aliphatic rings. The van der Waals surface area contributed by atoms with Gasteiger partial charge in [0.25, 0.3) is 0 Å². The Kier molecular flexibility index (Phi) is 7.03. The van der Waals surface area contributed by atoms with Crippen LogP contribution in [0.5, 0.6) is 0 Å². The number of halogens is 2. The average molecular weight is 541 g/mol. The minimum absolute atomic E-state index is 0.0665. The van der Waals surface area contributed by atoms with Crippen LogP contribution in [0.25, 0.3) is 11.2 Å². The number of hydrogen-bond donors (Lipinski definition) is 5. The lowest BCUT2D eigenvalue weighted by molar-refractivity contribution is 0.0188. The molecule has 0 amide bonds. The summed E-state index contributed by atoms with van der Waals surface area (Å²) in [4.78, 5) is 46.9. The van der Waals surface area contributed by atoms with Gasteiger partial charge in [-0.3, -0.25) is 4.52 Å². The van der Waals surface area contributed by atoms with Crippen molar-refractivity contribution in [2.24, 2.45) is 5.41 Å². The molecule has 2 unspecified atom stereocenters. The zero-order chi connectivity index (χ0) is 24.1. The zero-order valence-electron chi connectivity index (χ0n) is 15.9. The predicted molar refractivity (Wildman–Crippen MR) is 102 cm³/mol. The van der Waals surface area contributed by atoms with E-state index in [2.05, 4.69) is 28.1 Å². The number of imidazole rings is 1. The molecular formula is C12H17ClFN4O11P3. The molecule has 180 valence electrons. The monoisotopic (exact) mass is 540 g/mol. The molecule has 0 saturated heterocycles. The maximum absolute atomic E-state index is 13.6. The molecule has 0 radical (unpaired) electrons. The fraction of sp³-hybridized carbons (Fsp3) is 0.583. The van der Waals surface area contributed by atoms with E-state index in [4.69, 9.17) is 21.4 Å². The summed E-state index contributed by atoms with van der Waals surface area (Å²) in [5.74, 6) is 0. The van der Waals surface area contributed by atoms with Crippen LogP contribution >= 0.6 is 35.1 Å². The van der Waals surface area contributed by atoms with E-state index in [0.29, 0.717) is 0 Å². The van der Waals surface area contributed by atoms with Gasteiger partial charge in [0.2, 0.25) is 0 Å². The molecule has 1 aliphatic carbocycles. The van der Waals surface area contributed by atoms with Crippen molar-refractivity contribution in [2.75, 3.05) is 6.61 Å². The molecule has 1 fully saturated rings. The normalized spacial score (nSPS) is 28.0. The summed E-state index contributed by atoms with van der Waals surface area (Å²) in [7, 11) is -16.5. The lowest BCUT2D eigenvalue weighted by Gasteiger charge is -2.28. The molecule has 2 aromatic heterocycles. The van der Waals surface area contributed by atoms with Crippen molar-refractivity contribution in [1.82, 2.24) is 19.5 Å². The summed E-state index contributed by atoms with van der Waals surface area (Å²) in [5, 5.41) is 10.3. The van der Waals surface area contributed by atoms with Crippen LogP contribution in [0.2, 0.25) is 5.15 Å². The van der Waals surface area contributed by atoms with Gasteiger partial charge < -0.3 is 29.2 Å². The summed E-state index contributed by atoms with van der Waals surface area (Å²) >= 11 is 5.85. The topological polar surface area (TPSA) is 224 Å². The standard InChI is InChI=1S/C12H17ClFN4O11P3/c1-12(4-27-31(23,24)29-32(25,26)28-30(20,21)22)3-6(2-7(12)19)18-5-15-8-9(13)16-11(14)17-10(8)18/h5-7,19H,2-4H2,1H3,(H,23,24)(H,25,26)(H2,20,21,22)/t6-,7-,12+/m0/s1. The predicted octanol–water partition coefficient (Wildman–Crippen LogP) is 1.66. The smallest absolute Gasteiger partial charge is 0.392 e. The largest absolute Gasteiger partial charge is 0.490 e. The Morgan fingerprint density at radius 3 is 2.50 bits per heavy atom. The van der Waals surface area contributed by atoms with Crippen LogP contribution < -0.4 is 0 Å². The Balaban J connectivity index is 1.73. The number of hydrogen-bond acceptors (Lipinski definition) is 10. The minimum Gasteiger partial charge on any atom is -0.392 e. The quantitative estimate of drug-likeness (QED) is 0.182. The highest BCUT2D eigenvalue weighted by atomic mass is 35.5. The maximum Gasteiger partial charge on any atom is 0.490 e. The molecular weight excluding hydrogens is 524 g/mol. The molecule has 0 aromatic carbocycles. The van der Waals surface area contributed by atoms with Crippen molar-refractivity contribution < 1.29 is 55.9 Å². The van der Waals surface area contributed by atoms with Crippen LogP contribution in [0.1, 0.15) is 25.8 Å². The number of phosphoric acid groups is 3. The van der Waals surface area contributed by atoms with E-state index in [1.165, 1.54) is 17.8 Å². The number of aromatic nitrogens is 4. The van der Waals surface area contributed by atoms with E-state index in [0.717, 1.165) is 0 Å². The summed E-state index contributed by atoms with van der Waals surface area (Å²) in [6.07, 6.45) is -0.725. The van der Waals surface area contributed by atoms with Crippen molar-refractivity contribution in [1.29, 1.82) is 0 Å². The summed E-state index contributed by atoms with van der Waals surface area (Å²) in [6, 6.07) is -0.519. The average Bonchev–Trinajstić information content (AvgIpc) is 3.12. The summed E-state index contributed by atoms with van der Waals surface area (Å²) in [6.45, 7) is 0.801. The van der Waals surface area contributed by atoms with Crippen LogP contribution in [0.3, 0.4) is 0 Å². The number of rotatable bonds is 8. The van der Waals surface area contributed by atoms with Crippen LogP contribution in [-0.2, 0) is 26.8 Å². The third kappa shape index (κ3) is 5.98. The second-order valence-electron chi connectivity index (χ2n) is 7.24. The van der Waals surface area contributed by atoms with E-state index < -0.39 is 53.7 Å². The molecule has 32 heavy (non-hydrogen) atoms. The fourth-order valence-electron chi connectivity index (χ4n) is 3.32. The molecule has 0 bridgehead atoms. The Morgan fingerprint density at radius 2 is 1.88 bits per heavy atom. The number of aliphatic hydroxyl groups is 1. The van der Waals surface area contributed by atoms with Crippen molar-refractivity contribution in [3.63, 3.8) is 0 Å². The van der Waals surface area contributed by atoms with Crippen LogP contribution in [0.4, 0.5) is 4.39 Å². The first-order chi connectivity index (χ1) is 14.5. The summed E-state index contributed by atoms with van der Waals surface area (Å²) in [5.41, 5.74) is -1.01. The Morgan fingerprint density at radius 1 is 1.22 bits per heavy atom. The fourth-order valence-corrected chi connectivity index (χ4v) is 6.68. The highest BCUT2D eigenvalue weighted by Gasteiger charge is 2.47. The SMILES string of the molecule is C[C@]1(COP(=O)(O)OP(=O)(O)OP(=O)(O)O)C[C@@H](n2cnc3c(Cl)nc(F)nc32)C[C@@H]1O. The van der Waals surface area contributed by atoms with Crippen LogP contribution in [-0.4, -0.2) is 56.9 Å². The minimum atomic E-state index is -5.66. The number of aliphatic hydroxyl groups excluding tert-OH is 1. The lowest BCUT2D eigenvalue weighted by Crippen LogP contribution is -2.31. The van der Waals surface area contributed by atoms with E-state index >= 15 is 0 Å². The van der Waals surface area contributed by atoms with E-state index in [-0.39, 0.29) is 29.2 Å². The first kappa shape index (κ1) is 25.8. The highest BCUT2D eigenvalue weighted by molar-refractivity contribution is 7.66. The molecule has 1 saturated carbocycles. The third-order valence-electron chi connectivity index (χ3n) is 4.72. The van der Waals surface area contributed by atoms with Gasteiger partial charge in [0.05, 0.1) is 19.0 Å². The van der Waals surface area contributed by atoms with Crippen molar-refractivity contribution >= 4 is 46.2 Å². The highest BCUT2D eigenvalue weighted by Crippen LogP contribution is 2.66. The first-order valence-electron chi connectivity index (χ1n) is 8.52. The number of phosphoric ester groups is 1. The van der Waals surface area contributed by atoms with Gasteiger partial charge in [-0.05, 0) is 12.8 Å². The molecule has 0 spiro atoms. The van der Waals surface area contributed by atoms with Gasteiger partial charge >= 0.3 is 29.5 Å². The molecule has 5 atom stereocenters. The lowest BCUT2D eigenvalue weighted by atomic mass is 9.87. The Hall–Kier alpha value is -0.860. The van der Waals surface area contributed by atoms with Gasteiger partial charge in [-0.2, -0.15) is 23.0 Å². The Labute approximate surface area is 183 Å². The molecule has 2 aromatic rings. The van der Waals surface area contributed by atoms with Gasteiger partial charge in [0, 0.05) is 11.5 Å². The van der Waals surface area contributed by atoms with E-state index in [9.17, 15) is 33.0 Å².